The predicted molar refractivity (Wildman–Crippen MR) is 82.3 cm³/mol. The number of halogens is 1. The van der Waals surface area contributed by atoms with Crippen LogP contribution in [0, 0.1) is 0 Å². The van der Waals surface area contributed by atoms with Gasteiger partial charge in [0, 0.05) is 18.1 Å². The maximum Gasteiger partial charge on any atom is 0.320 e. The molecule has 112 valence electrons. The smallest absolute Gasteiger partial charge is 0.320 e. The number of hydrogen-bond acceptors (Lipinski definition) is 2. The first-order valence-electron chi connectivity index (χ1n) is 7.08. The van der Waals surface area contributed by atoms with Crippen LogP contribution in [0.1, 0.15) is 33.1 Å². The van der Waals surface area contributed by atoms with Crippen LogP contribution in [0.4, 0.5) is 4.79 Å². The summed E-state index contributed by atoms with van der Waals surface area (Å²) in [5.74, 6) is 0.685. The second kappa shape index (κ2) is 9.48. The molecule has 0 bridgehead atoms. The molecule has 0 saturated carbocycles. The number of amides is 2. The third-order valence-electron chi connectivity index (χ3n) is 2.84. The van der Waals surface area contributed by atoms with Gasteiger partial charge in [0.1, 0.15) is 5.75 Å². The molecule has 4 nitrogen and oxygen atoms in total. The second-order valence-corrected chi connectivity index (χ2v) is 5.00. The monoisotopic (exact) mass is 298 g/mol. The number of unbranched alkanes of at least 4 members (excludes halogenated alkanes) is 1. The molecular formula is C15H23ClN2O2. The van der Waals surface area contributed by atoms with E-state index < -0.39 is 0 Å². The van der Waals surface area contributed by atoms with Crippen LogP contribution in [0.3, 0.4) is 0 Å². The van der Waals surface area contributed by atoms with Crippen LogP contribution in [0.2, 0.25) is 5.02 Å². The van der Waals surface area contributed by atoms with Gasteiger partial charge >= 0.3 is 6.03 Å². The minimum atomic E-state index is -0.0748. The number of carbonyl (C=O) groups is 1. The Morgan fingerprint density at radius 3 is 2.50 bits per heavy atom. The third-order valence-corrected chi connectivity index (χ3v) is 3.09. The van der Waals surface area contributed by atoms with Gasteiger partial charge < -0.3 is 15.0 Å². The summed E-state index contributed by atoms with van der Waals surface area (Å²) >= 11 is 5.79. The minimum absolute atomic E-state index is 0.0748. The molecular weight excluding hydrogens is 276 g/mol. The van der Waals surface area contributed by atoms with E-state index in [0.717, 1.165) is 32.4 Å². The number of hydrogen-bond donors (Lipinski definition) is 1. The van der Waals surface area contributed by atoms with E-state index in [4.69, 9.17) is 16.3 Å². The Morgan fingerprint density at radius 2 is 1.90 bits per heavy atom. The highest BCUT2D eigenvalue weighted by Gasteiger charge is 2.11. The zero-order chi connectivity index (χ0) is 14.8. The molecule has 2 amide bonds. The SMILES string of the molecule is CCCCN(CCC)C(=O)NCOc1ccc(Cl)cc1. The molecule has 0 spiro atoms. The number of rotatable bonds is 8. The fraction of sp³-hybridized carbons (Fsp3) is 0.533. The molecule has 0 heterocycles. The molecule has 0 radical (unpaired) electrons. The van der Waals surface area contributed by atoms with E-state index in [1.165, 1.54) is 0 Å². The van der Waals surface area contributed by atoms with Crippen molar-refractivity contribution in [2.75, 3.05) is 19.8 Å². The van der Waals surface area contributed by atoms with E-state index >= 15 is 0 Å². The van der Waals surface area contributed by atoms with Gasteiger partial charge in [-0.05, 0) is 37.1 Å². The number of nitrogens with one attached hydrogen (secondary N) is 1. The Kier molecular flexibility index (Phi) is 7.88. The van der Waals surface area contributed by atoms with E-state index in [1.54, 1.807) is 24.3 Å². The second-order valence-electron chi connectivity index (χ2n) is 4.57. The summed E-state index contributed by atoms with van der Waals surface area (Å²) in [5, 5.41) is 3.43. The van der Waals surface area contributed by atoms with Crippen LogP contribution in [0.25, 0.3) is 0 Å². The number of carbonyl (C=O) groups excluding carboxylic acids is 1. The molecule has 1 N–H and O–H groups in total. The molecule has 0 saturated heterocycles. The maximum atomic E-state index is 12.0. The standard InChI is InChI=1S/C15H23ClN2O2/c1-3-5-11-18(10-4-2)15(19)17-12-20-14-8-6-13(16)7-9-14/h6-9H,3-5,10-12H2,1-2H3,(H,17,19). The Bertz CT molecular complexity index is 395. The first kappa shape index (κ1) is 16.6. The fourth-order valence-electron chi connectivity index (χ4n) is 1.76. The number of nitrogens with zero attached hydrogens (tertiary/aromatic N) is 1. The topological polar surface area (TPSA) is 41.6 Å². The molecule has 1 aromatic rings. The minimum Gasteiger partial charge on any atom is -0.473 e. The van der Waals surface area contributed by atoms with E-state index in [-0.39, 0.29) is 12.8 Å². The van der Waals surface area contributed by atoms with Crippen molar-refractivity contribution in [2.45, 2.75) is 33.1 Å². The molecule has 5 heteroatoms. The van der Waals surface area contributed by atoms with Gasteiger partial charge in [-0.25, -0.2) is 4.79 Å². The van der Waals surface area contributed by atoms with Gasteiger partial charge in [-0.2, -0.15) is 0 Å². The lowest BCUT2D eigenvalue weighted by molar-refractivity contribution is 0.183. The van der Waals surface area contributed by atoms with Crippen molar-refractivity contribution < 1.29 is 9.53 Å². The molecule has 0 aliphatic heterocycles. The molecule has 0 atom stereocenters. The van der Waals surface area contributed by atoms with Crippen LogP contribution in [0.15, 0.2) is 24.3 Å². The van der Waals surface area contributed by atoms with Crippen molar-refractivity contribution in [1.29, 1.82) is 0 Å². The van der Waals surface area contributed by atoms with E-state index in [0.29, 0.717) is 10.8 Å². The van der Waals surface area contributed by atoms with Crippen molar-refractivity contribution in [2.24, 2.45) is 0 Å². The zero-order valence-corrected chi connectivity index (χ0v) is 12.9. The molecule has 0 fully saturated rings. The van der Waals surface area contributed by atoms with Crippen LogP contribution < -0.4 is 10.1 Å². The molecule has 0 aliphatic carbocycles. The Morgan fingerprint density at radius 1 is 1.20 bits per heavy atom. The molecule has 1 aromatic carbocycles. The van der Waals surface area contributed by atoms with Crippen molar-refractivity contribution >= 4 is 17.6 Å². The molecule has 20 heavy (non-hydrogen) atoms. The lowest BCUT2D eigenvalue weighted by Crippen LogP contribution is -2.42. The molecule has 0 unspecified atom stereocenters. The molecule has 0 aliphatic rings. The summed E-state index contributed by atoms with van der Waals surface area (Å²) in [4.78, 5) is 13.8. The quantitative estimate of drug-likeness (QED) is 0.740. The summed E-state index contributed by atoms with van der Waals surface area (Å²) in [6, 6.07) is 6.98. The number of ether oxygens (including phenoxy) is 1. The van der Waals surface area contributed by atoms with Gasteiger partial charge in [-0.3, -0.25) is 0 Å². The van der Waals surface area contributed by atoms with Gasteiger partial charge in [0.2, 0.25) is 0 Å². The lowest BCUT2D eigenvalue weighted by atomic mass is 10.3. The van der Waals surface area contributed by atoms with Crippen molar-refractivity contribution in [1.82, 2.24) is 10.2 Å². The molecule has 0 aromatic heterocycles. The van der Waals surface area contributed by atoms with Crippen molar-refractivity contribution in [3.05, 3.63) is 29.3 Å². The third kappa shape index (κ3) is 6.15. The summed E-state index contributed by atoms with van der Waals surface area (Å²) in [6.45, 7) is 5.90. The summed E-state index contributed by atoms with van der Waals surface area (Å²) < 4.78 is 5.45. The van der Waals surface area contributed by atoms with Crippen LogP contribution in [0.5, 0.6) is 5.75 Å². The van der Waals surface area contributed by atoms with Gasteiger partial charge in [0.05, 0.1) is 0 Å². The summed E-state index contributed by atoms with van der Waals surface area (Å²) in [6.07, 6.45) is 3.05. The van der Waals surface area contributed by atoms with Crippen molar-refractivity contribution in [3.63, 3.8) is 0 Å². The van der Waals surface area contributed by atoms with E-state index in [1.807, 2.05) is 4.90 Å². The normalized spacial score (nSPS) is 10.2. The van der Waals surface area contributed by atoms with E-state index in [2.05, 4.69) is 19.2 Å². The fourth-order valence-corrected chi connectivity index (χ4v) is 1.88. The summed E-state index contributed by atoms with van der Waals surface area (Å²) in [5.41, 5.74) is 0. The maximum absolute atomic E-state index is 12.0. The van der Waals surface area contributed by atoms with Gasteiger partial charge in [0.25, 0.3) is 0 Å². The predicted octanol–water partition coefficient (Wildman–Crippen LogP) is 3.90. The van der Waals surface area contributed by atoms with Gasteiger partial charge in [-0.1, -0.05) is 31.9 Å². The van der Waals surface area contributed by atoms with Crippen LogP contribution in [-0.4, -0.2) is 30.8 Å². The summed E-state index contributed by atoms with van der Waals surface area (Å²) in [7, 11) is 0. The Balaban J connectivity index is 2.34. The zero-order valence-electron chi connectivity index (χ0n) is 12.2. The van der Waals surface area contributed by atoms with Crippen molar-refractivity contribution in [3.8, 4) is 5.75 Å². The Hall–Kier alpha value is -1.42. The lowest BCUT2D eigenvalue weighted by Gasteiger charge is -2.22. The largest absolute Gasteiger partial charge is 0.473 e. The first-order chi connectivity index (χ1) is 9.67. The highest BCUT2D eigenvalue weighted by atomic mass is 35.5. The number of urea groups is 1. The average Bonchev–Trinajstić information content (AvgIpc) is 2.45. The van der Waals surface area contributed by atoms with Crippen LogP contribution >= 0.6 is 11.6 Å². The van der Waals surface area contributed by atoms with Crippen LogP contribution in [-0.2, 0) is 0 Å². The highest BCUT2D eigenvalue weighted by molar-refractivity contribution is 6.30. The van der Waals surface area contributed by atoms with Gasteiger partial charge in [-0.15, -0.1) is 0 Å². The Labute approximate surface area is 126 Å². The first-order valence-corrected chi connectivity index (χ1v) is 7.46. The average molecular weight is 299 g/mol. The highest BCUT2D eigenvalue weighted by Crippen LogP contribution is 2.14. The number of benzene rings is 1. The van der Waals surface area contributed by atoms with E-state index in [9.17, 15) is 4.79 Å². The molecule has 1 rings (SSSR count). The van der Waals surface area contributed by atoms with Gasteiger partial charge in [0.15, 0.2) is 6.73 Å².